The first-order valence-electron chi connectivity index (χ1n) is 11.6. The molecular formula is C27H39P. The van der Waals surface area contributed by atoms with Gasteiger partial charge in [-0.15, -0.1) is 0 Å². The van der Waals surface area contributed by atoms with E-state index >= 15 is 0 Å². The third-order valence-corrected chi connectivity index (χ3v) is 10.1. The fourth-order valence-electron chi connectivity index (χ4n) is 4.80. The maximum Gasteiger partial charge on any atom is 0.00499 e. The molecule has 0 nitrogen and oxygen atoms in total. The smallest absolute Gasteiger partial charge is 0.00499 e. The Morgan fingerprint density at radius 2 is 1.11 bits per heavy atom. The van der Waals surface area contributed by atoms with Crippen molar-refractivity contribution in [2.75, 3.05) is 0 Å². The van der Waals surface area contributed by atoms with Crippen molar-refractivity contribution in [3.8, 4) is 0 Å². The van der Waals surface area contributed by atoms with Crippen molar-refractivity contribution < 1.29 is 0 Å². The predicted octanol–water partition coefficient (Wildman–Crippen LogP) is 8.84. The summed E-state index contributed by atoms with van der Waals surface area (Å²) in [5, 5.41) is 0. The van der Waals surface area contributed by atoms with E-state index in [0.29, 0.717) is 0 Å². The second-order valence-electron chi connectivity index (χ2n) is 8.84. The van der Waals surface area contributed by atoms with E-state index in [0.717, 1.165) is 17.0 Å². The minimum atomic E-state index is -0.0248. The van der Waals surface area contributed by atoms with E-state index in [1.165, 1.54) is 62.5 Å². The first-order chi connectivity index (χ1) is 13.6. The van der Waals surface area contributed by atoms with E-state index in [4.69, 9.17) is 0 Å². The van der Waals surface area contributed by atoms with E-state index in [2.05, 4.69) is 76.2 Å². The molecule has 1 aliphatic heterocycles. The summed E-state index contributed by atoms with van der Waals surface area (Å²) in [5.74, 6) is 0. The molecule has 0 saturated carbocycles. The lowest BCUT2D eigenvalue weighted by atomic mass is 10.0. The molecule has 0 radical (unpaired) electrons. The Morgan fingerprint density at radius 3 is 1.43 bits per heavy atom. The average molecular weight is 395 g/mol. The van der Waals surface area contributed by atoms with Crippen LogP contribution in [-0.4, -0.2) is 5.66 Å². The molecule has 0 bridgehead atoms. The molecule has 1 fully saturated rings. The van der Waals surface area contributed by atoms with Gasteiger partial charge in [0.15, 0.2) is 0 Å². The minimum Gasteiger partial charge on any atom is -0.0887 e. The number of rotatable bonds is 9. The van der Waals surface area contributed by atoms with E-state index in [9.17, 15) is 0 Å². The zero-order valence-corrected chi connectivity index (χ0v) is 19.3. The monoisotopic (exact) mass is 394 g/mol. The lowest BCUT2D eigenvalue weighted by Crippen LogP contribution is -2.03. The molecule has 1 saturated heterocycles. The van der Waals surface area contributed by atoms with Crippen LogP contribution in [0.3, 0.4) is 0 Å². The Hall–Kier alpha value is -1.13. The number of benzene rings is 2. The summed E-state index contributed by atoms with van der Waals surface area (Å²) >= 11 is 0. The third-order valence-electron chi connectivity index (χ3n) is 6.40. The predicted molar refractivity (Wildman–Crippen MR) is 127 cm³/mol. The summed E-state index contributed by atoms with van der Waals surface area (Å²) in [6.07, 6.45) is 10.3. The summed E-state index contributed by atoms with van der Waals surface area (Å²) in [4.78, 5) is 0. The number of hydrogen-bond acceptors (Lipinski definition) is 0. The van der Waals surface area contributed by atoms with Crippen LogP contribution in [0.2, 0.25) is 0 Å². The summed E-state index contributed by atoms with van der Waals surface area (Å²) in [6.45, 7) is 9.48. The highest BCUT2D eigenvalue weighted by molar-refractivity contribution is 7.59. The van der Waals surface area contributed by atoms with Gasteiger partial charge in [-0.2, -0.15) is 0 Å². The zero-order valence-electron chi connectivity index (χ0n) is 18.5. The molecule has 1 heterocycles. The third kappa shape index (κ3) is 5.27. The van der Waals surface area contributed by atoms with Gasteiger partial charge in [0.1, 0.15) is 0 Å². The van der Waals surface area contributed by atoms with Crippen LogP contribution >= 0.6 is 7.92 Å². The van der Waals surface area contributed by atoms with Crippen LogP contribution in [0.25, 0.3) is 0 Å². The quantitative estimate of drug-likeness (QED) is 0.373. The fraction of sp³-hybridized carbons (Fsp3) is 0.556. The highest BCUT2D eigenvalue weighted by Crippen LogP contribution is 2.72. The van der Waals surface area contributed by atoms with Crippen molar-refractivity contribution in [2.24, 2.45) is 0 Å². The van der Waals surface area contributed by atoms with Crippen molar-refractivity contribution >= 4 is 7.92 Å². The largest absolute Gasteiger partial charge is 0.0887 e. The molecule has 2 aromatic carbocycles. The van der Waals surface area contributed by atoms with Gasteiger partial charge in [0.25, 0.3) is 0 Å². The first-order valence-corrected chi connectivity index (χ1v) is 13.1. The average Bonchev–Trinajstić information content (AvgIpc) is 3.17. The van der Waals surface area contributed by atoms with Gasteiger partial charge in [0.2, 0.25) is 0 Å². The number of aryl methyl sites for hydroxylation is 2. The molecule has 3 rings (SSSR count). The molecule has 2 atom stereocenters. The molecule has 28 heavy (non-hydrogen) atoms. The molecule has 0 amide bonds. The Morgan fingerprint density at radius 1 is 0.714 bits per heavy atom. The summed E-state index contributed by atoms with van der Waals surface area (Å²) in [7, 11) is -0.0248. The summed E-state index contributed by atoms with van der Waals surface area (Å²) in [6, 6.07) is 19.4. The Kier molecular flexibility index (Phi) is 8.16. The van der Waals surface area contributed by atoms with E-state index in [-0.39, 0.29) is 7.92 Å². The van der Waals surface area contributed by atoms with Crippen LogP contribution in [0, 0.1) is 0 Å². The molecule has 1 aliphatic rings. The van der Waals surface area contributed by atoms with Crippen molar-refractivity contribution in [3.05, 3.63) is 70.8 Å². The first kappa shape index (κ1) is 21.6. The molecule has 2 unspecified atom stereocenters. The molecule has 0 aliphatic carbocycles. The molecule has 0 N–H and O–H groups in total. The number of hydrogen-bond donors (Lipinski definition) is 0. The van der Waals surface area contributed by atoms with Gasteiger partial charge in [0.05, 0.1) is 0 Å². The lowest BCUT2D eigenvalue weighted by Gasteiger charge is -2.30. The topological polar surface area (TPSA) is 0 Å². The second-order valence-corrected chi connectivity index (χ2v) is 12.0. The molecule has 152 valence electrons. The maximum absolute atomic E-state index is 2.46. The standard InChI is InChI=1S/C27H39P/c1-5-7-9-22-11-15-24(16-12-22)26-19-20-27(28(26)21(3)4)25-17-13-23(14-18-25)10-8-6-2/h11-18,21,26-27H,5-10,19-20H2,1-4H3. The van der Waals surface area contributed by atoms with E-state index in [1.807, 2.05) is 0 Å². The zero-order chi connectivity index (χ0) is 19.9. The molecule has 1 heteroatoms. The SMILES string of the molecule is CCCCc1ccc(C2CCC(c3ccc(CCCC)cc3)P2C(C)C)cc1. The molecule has 0 aromatic heterocycles. The van der Waals surface area contributed by atoms with Crippen LogP contribution in [0.15, 0.2) is 48.5 Å². The van der Waals surface area contributed by atoms with Gasteiger partial charge in [0, 0.05) is 11.3 Å². The lowest BCUT2D eigenvalue weighted by molar-refractivity contribution is 0.762. The van der Waals surface area contributed by atoms with Crippen molar-refractivity contribution in [3.63, 3.8) is 0 Å². The van der Waals surface area contributed by atoms with Crippen LogP contribution < -0.4 is 0 Å². The van der Waals surface area contributed by atoms with Crippen molar-refractivity contribution in [1.82, 2.24) is 0 Å². The Bertz CT molecular complexity index is 639. The van der Waals surface area contributed by atoms with Gasteiger partial charge < -0.3 is 0 Å². The van der Waals surface area contributed by atoms with Crippen molar-refractivity contribution in [1.29, 1.82) is 0 Å². The fourth-order valence-corrected chi connectivity index (χ4v) is 8.60. The van der Waals surface area contributed by atoms with Gasteiger partial charge in [-0.3, -0.25) is 0 Å². The summed E-state index contributed by atoms with van der Waals surface area (Å²) in [5.41, 5.74) is 8.56. The highest BCUT2D eigenvalue weighted by Gasteiger charge is 2.38. The van der Waals surface area contributed by atoms with Crippen LogP contribution in [0.1, 0.15) is 99.8 Å². The molecular weight excluding hydrogens is 355 g/mol. The van der Waals surface area contributed by atoms with Gasteiger partial charge in [-0.25, -0.2) is 0 Å². The maximum atomic E-state index is 2.46. The van der Waals surface area contributed by atoms with Crippen LogP contribution in [0.4, 0.5) is 0 Å². The van der Waals surface area contributed by atoms with Crippen LogP contribution in [0.5, 0.6) is 0 Å². The summed E-state index contributed by atoms with van der Waals surface area (Å²) < 4.78 is 0. The molecule has 0 spiro atoms. The second kappa shape index (κ2) is 10.6. The van der Waals surface area contributed by atoms with Gasteiger partial charge >= 0.3 is 0 Å². The van der Waals surface area contributed by atoms with Gasteiger partial charge in [-0.1, -0.05) is 97.0 Å². The normalized spacial score (nSPS) is 22.1. The van der Waals surface area contributed by atoms with Crippen LogP contribution in [-0.2, 0) is 12.8 Å². The van der Waals surface area contributed by atoms with Crippen molar-refractivity contribution in [2.45, 2.75) is 96.0 Å². The van der Waals surface area contributed by atoms with E-state index in [1.54, 1.807) is 11.1 Å². The van der Waals surface area contributed by atoms with Gasteiger partial charge in [-0.05, 0) is 66.4 Å². The Balaban J connectivity index is 1.74. The minimum absolute atomic E-state index is 0.0248. The number of unbranched alkanes of at least 4 members (excludes halogenated alkanes) is 2. The Labute approximate surface area is 174 Å². The van der Waals surface area contributed by atoms with E-state index < -0.39 is 0 Å². The molecule has 2 aromatic rings. The highest BCUT2D eigenvalue weighted by atomic mass is 31.1.